The number of sulfonamides is 1. The van der Waals surface area contributed by atoms with Gasteiger partial charge in [-0.2, -0.15) is 0 Å². The summed E-state index contributed by atoms with van der Waals surface area (Å²) in [6, 6.07) is 4.65. The number of halogens is 3. The topological polar surface area (TPSA) is 60.2 Å². The molecule has 7 heteroatoms. The van der Waals surface area contributed by atoms with Gasteiger partial charge < -0.3 is 0 Å². The van der Waals surface area contributed by atoms with E-state index in [0.29, 0.717) is 0 Å². The van der Waals surface area contributed by atoms with Crippen LogP contribution in [0.2, 0.25) is 0 Å². The van der Waals surface area contributed by atoms with Crippen molar-refractivity contribution in [3.63, 3.8) is 0 Å². The van der Waals surface area contributed by atoms with Crippen molar-refractivity contribution in [2.75, 3.05) is 0 Å². The quantitative estimate of drug-likeness (QED) is 0.906. The van der Waals surface area contributed by atoms with Crippen molar-refractivity contribution in [3.8, 4) is 0 Å². The number of benzene rings is 1. The summed E-state index contributed by atoms with van der Waals surface area (Å²) in [7, 11) is -4.58. The zero-order valence-corrected chi connectivity index (χ0v) is 10.4. The van der Waals surface area contributed by atoms with Crippen LogP contribution >= 0.6 is 0 Å². The van der Waals surface area contributed by atoms with Crippen LogP contribution < -0.4 is 5.14 Å². The van der Waals surface area contributed by atoms with Gasteiger partial charge in [0.2, 0.25) is 10.0 Å². The zero-order valence-electron chi connectivity index (χ0n) is 9.55. The van der Waals surface area contributed by atoms with E-state index in [9.17, 15) is 21.6 Å². The number of allylic oxidation sites excluding steroid dienone is 3. The fourth-order valence-electron chi connectivity index (χ4n) is 2.05. The minimum atomic E-state index is -4.58. The molecule has 1 aromatic carbocycles. The van der Waals surface area contributed by atoms with E-state index in [4.69, 9.17) is 5.14 Å². The smallest absolute Gasteiger partial charge is 0.222 e. The molecule has 0 aliphatic heterocycles. The Balaban J connectivity index is 2.68. The number of primary sulfonamides is 1. The molecule has 1 aliphatic carbocycles. The van der Waals surface area contributed by atoms with Gasteiger partial charge in [-0.05, 0) is 18.2 Å². The highest BCUT2D eigenvalue weighted by Crippen LogP contribution is 2.41. The van der Waals surface area contributed by atoms with Crippen molar-refractivity contribution >= 4 is 10.0 Å². The molecule has 0 amide bonds. The summed E-state index contributed by atoms with van der Waals surface area (Å²) in [4.78, 5) is 0. The first kappa shape index (κ1) is 13.8. The first-order valence-electron chi connectivity index (χ1n) is 5.27. The molecular formula is C12H10F3NO2S. The number of alkyl halides is 1. The van der Waals surface area contributed by atoms with Gasteiger partial charge in [-0.1, -0.05) is 24.3 Å². The summed E-state index contributed by atoms with van der Waals surface area (Å²) in [5, 5.41) is 2.57. The van der Waals surface area contributed by atoms with Gasteiger partial charge in [0.05, 0.1) is 0 Å². The molecule has 0 bridgehead atoms. The molecule has 2 N–H and O–H groups in total. The Kier molecular flexibility index (Phi) is 3.27. The largest absolute Gasteiger partial charge is 0.232 e. The van der Waals surface area contributed by atoms with Crippen LogP contribution in [-0.2, 0) is 15.7 Å². The van der Waals surface area contributed by atoms with Gasteiger partial charge in [-0.15, -0.1) is 0 Å². The van der Waals surface area contributed by atoms with E-state index in [1.165, 1.54) is 12.1 Å². The molecule has 0 heterocycles. The van der Waals surface area contributed by atoms with Crippen molar-refractivity contribution in [1.29, 1.82) is 0 Å². The fraction of sp³-hybridized carbons (Fsp3) is 0.167. The maximum atomic E-state index is 14.9. The van der Waals surface area contributed by atoms with E-state index >= 15 is 0 Å². The minimum absolute atomic E-state index is 0.575. The number of hydrogen-bond donors (Lipinski definition) is 1. The maximum Gasteiger partial charge on any atom is 0.222 e. The molecule has 0 spiro atoms. The third kappa shape index (κ3) is 2.31. The van der Waals surface area contributed by atoms with Crippen LogP contribution in [0.25, 0.3) is 0 Å². The highest BCUT2D eigenvalue weighted by molar-refractivity contribution is 7.90. The van der Waals surface area contributed by atoms with Crippen LogP contribution in [0.4, 0.5) is 13.2 Å². The van der Waals surface area contributed by atoms with Crippen molar-refractivity contribution in [2.45, 2.75) is 10.9 Å². The van der Waals surface area contributed by atoms with E-state index in [2.05, 4.69) is 0 Å². The van der Waals surface area contributed by atoms with E-state index in [1.54, 1.807) is 0 Å². The molecule has 19 heavy (non-hydrogen) atoms. The highest BCUT2D eigenvalue weighted by Gasteiger charge is 2.50. The van der Waals surface area contributed by atoms with Crippen LogP contribution in [0.1, 0.15) is 5.56 Å². The van der Waals surface area contributed by atoms with Gasteiger partial charge in [0.1, 0.15) is 11.6 Å². The van der Waals surface area contributed by atoms with E-state index in [-0.39, 0.29) is 0 Å². The van der Waals surface area contributed by atoms with Gasteiger partial charge in [0.15, 0.2) is 10.9 Å². The predicted molar refractivity (Wildman–Crippen MR) is 64.4 cm³/mol. The third-order valence-corrected chi connectivity index (χ3v) is 4.07. The molecule has 1 aliphatic rings. The average molecular weight is 289 g/mol. The molecule has 0 aromatic heterocycles. The van der Waals surface area contributed by atoms with Crippen LogP contribution in [0.15, 0.2) is 48.3 Å². The van der Waals surface area contributed by atoms with Gasteiger partial charge in [0.25, 0.3) is 0 Å². The Labute approximate surface area is 108 Å². The summed E-state index contributed by atoms with van der Waals surface area (Å²) in [6.07, 6.45) is 2.56. The lowest BCUT2D eigenvalue weighted by atomic mass is 9.88. The minimum Gasteiger partial charge on any atom is -0.232 e. The van der Waals surface area contributed by atoms with Crippen LogP contribution in [0, 0.1) is 5.82 Å². The summed E-state index contributed by atoms with van der Waals surface area (Å²) < 4.78 is 65.0. The normalized spacial score (nSPS) is 27.2. The molecule has 0 radical (unpaired) electrons. The van der Waals surface area contributed by atoms with Crippen molar-refractivity contribution in [2.24, 2.45) is 5.14 Å². The molecule has 2 rings (SSSR count). The van der Waals surface area contributed by atoms with Gasteiger partial charge in [0, 0.05) is 5.56 Å². The lowest BCUT2D eigenvalue weighted by Crippen LogP contribution is -2.45. The first-order chi connectivity index (χ1) is 8.77. The summed E-state index contributed by atoms with van der Waals surface area (Å²) in [5.74, 6) is -2.24. The van der Waals surface area contributed by atoms with Crippen molar-refractivity contribution < 1.29 is 21.6 Å². The van der Waals surface area contributed by atoms with Crippen molar-refractivity contribution in [3.05, 3.63) is 59.7 Å². The maximum absolute atomic E-state index is 14.9. The number of hydrogen-bond acceptors (Lipinski definition) is 2. The SMILES string of the molecule is NS(=O)(=O)C1C(F)=CC=CC1(F)c1ccccc1F. The zero-order chi connectivity index (χ0) is 14.3. The van der Waals surface area contributed by atoms with Gasteiger partial charge in [-0.25, -0.2) is 26.7 Å². The number of nitrogens with two attached hydrogens (primary N) is 1. The molecule has 2 atom stereocenters. The molecule has 2 unspecified atom stereocenters. The van der Waals surface area contributed by atoms with Gasteiger partial charge in [-0.3, -0.25) is 0 Å². The van der Waals surface area contributed by atoms with E-state index < -0.39 is 38.1 Å². The molecule has 0 saturated heterocycles. The monoisotopic (exact) mass is 289 g/mol. The van der Waals surface area contributed by atoms with Crippen molar-refractivity contribution in [1.82, 2.24) is 0 Å². The second-order valence-electron chi connectivity index (χ2n) is 4.13. The lowest BCUT2D eigenvalue weighted by molar-refractivity contribution is 0.212. The molecule has 3 nitrogen and oxygen atoms in total. The predicted octanol–water partition coefficient (Wildman–Crippen LogP) is 2.07. The fourth-order valence-corrected chi connectivity index (χ4v) is 3.13. The molecular weight excluding hydrogens is 279 g/mol. The second kappa shape index (κ2) is 4.50. The second-order valence-corrected chi connectivity index (χ2v) is 5.78. The number of rotatable bonds is 2. The average Bonchev–Trinajstić information content (AvgIpc) is 2.27. The van der Waals surface area contributed by atoms with Crippen LogP contribution in [0.3, 0.4) is 0 Å². The molecule has 0 fully saturated rings. The Bertz CT molecular complexity index is 669. The first-order valence-corrected chi connectivity index (χ1v) is 6.88. The van der Waals surface area contributed by atoms with E-state index in [0.717, 1.165) is 30.4 Å². The van der Waals surface area contributed by atoms with E-state index in [1.807, 2.05) is 0 Å². The Morgan fingerprint density at radius 1 is 1.21 bits per heavy atom. The Hall–Kier alpha value is -1.60. The Morgan fingerprint density at radius 2 is 1.84 bits per heavy atom. The summed E-state index contributed by atoms with van der Waals surface area (Å²) in [5.41, 5.74) is -3.45. The molecule has 0 saturated carbocycles. The standard InChI is InChI=1S/C12H10F3NO2S/c13-9-5-2-1-4-8(9)12(15)7-3-6-10(14)11(12)19(16,17)18/h1-7,11H,(H2,16,17,18). The third-order valence-electron chi connectivity index (χ3n) is 2.84. The van der Waals surface area contributed by atoms with Crippen LogP contribution in [0.5, 0.6) is 0 Å². The Morgan fingerprint density at radius 3 is 2.42 bits per heavy atom. The molecule has 1 aromatic rings. The lowest BCUT2D eigenvalue weighted by Gasteiger charge is -2.31. The van der Waals surface area contributed by atoms with Gasteiger partial charge >= 0.3 is 0 Å². The summed E-state index contributed by atoms with van der Waals surface area (Å²) >= 11 is 0. The van der Waals surface area contributed by atoms with Crippen LogP contribution in [-0.4, -0.2) is 13.7 Å². The summed E-state index contributed by atoms with van der Waals surface area (Å²) in [6.45, 7) is 0. The molecule has 102 valence electrons. The highest BCUT2D eigenvalue weighted by atomic mass is 32.2.